The second kappa shape index (κ2) is 5.36. The number of hydrogen-bond donors (Lipinski definition) is 2. The average Bonchev–Trinajstić information content (AvgIpc) is 2.82. The molecule has 0 radical (unpaired) electrons. The summed E-state index contributed by atoms with van der Waals surface area (Å²) in [5.41, 5.74) is 1.09. The molecule has 2 N–H and O–H groups in total. The zero-order valence-electron chi connectivity index (χ0n) is 10.4. The zero-order chi connectivity index (χ0) is 14.0. The monoisotopic (exact) mass is 267 g/mol. The second-order valence-electron chi connectivity index (χ2n) is 4.48. The third kappa shape index (κ3) is 3.08. The van der Waals surface area contributed by atoms with E-state index in [1.165, 1.54) is 18.2 Å². The molecule has 1 aliphatic heterocycles. The van der Waals surface area contributed by atoms with E-state index < -0.39 is 24.1 Å². The summed E-state index contributed by atoms with van der Waals surface area (Å²) in [7, 11) is 0. The summed E-state index contributed by atoms with van der Waals surface area (Å²) in [5.74, 6) is -1.84. The van der Waals surface area contributed by atoms with Crippen molar-refractivity contribution in [1.29, 1.82) is 0 Å². The lowest BCUT2D eigenvalue weighted by Gasteiger charge is -2.13. The Kier molecular flexibility index (Phi) is 3.80. The van der Waals surface area contributed by atoms with Crippen molar-refractivity contribution in [2.45, 2.75) is 32.0 Å². The summed E-state index contributed by atoms with van der Waals surface area (Å²) in [5, 5.41) is 11.4. The summed E-state index contributed by atoms with van der Waals surface area (Å²) >= 11 is 0. The van der Waals surface area contributed by atoms with Crippen molar-refractivity contribution < 1.29 is 23.8 Å². The van der Waals surface area contributed by atoms with Crippen LogP contribution < -0.4 is 5.32 Å². The quantitative estimate of drug-likeness (QED) is 0.874. The van der Waals surface area contributed by atoms with Crippen molar-refractivity contribution in [1.82, 2.24) is 0 Å². The number of rotatable bonds is 3. The van der Waals surface area contributed by atoms with Gasteiger partial charge in [0.2, 0.25) is 0 Å². The highest BCUT2D eigenvalue weighted by molar-refractivity contribution is 5.95. The molecule has 1 aromatic carbocycles. The molecule has 0 bridgehead atoms. The van der Waals surface area contributed by atoms with Gasteiger partial charge in [-0.25, -0.2) is 9.18 Å². The van der Waals surface area contributed by atoms with Crippen molar-refractivity contribution in [2.75, 3.05) is 5.32 Å². The molecule has 2 unspecified atom stereocenters. The van der Waals surface area contributed by atoms with Crippen LogP contribution in [0, 0.1) is 12.7 Å². The Morgan fingerprint density at radius 3 is 2.63 bits per heavy atom. The second-order valence-corrected chi connectivity index (χ2v) is 4.48. The zero-order valence-corrected chi connectivity index (χ0v) is 10.4. The van der Waals surface area contributed by atoms with Crippen LogP contribution >= 0.6 is 0 Å². The third-order valence-electron chi connectivity index (χ3n) is 3.03. The van der Waals surface area contributed by atoms with E-state index in [1.807, 2.05) is 0 Å². The van der Waals surface area contributed by atoms with Crippen LogP contribution in [0.25, 0.3) is 0 Å². The molecule has 1 aliphatic rings. The number of ether oxygens (including phenoxy) is 1. The number of anilines is 1. The number of hydrogen-bond acceptors (Lipinski definition) is 3. The lowest BCUT2D eigenvalue weighted by molar-refractivity contribution is -0.150. The molecule has 1 saturated heterocycles. The molecule has 2 rings (SSSR count). The predicted octanol–water partition coefficient (Wildman–Crippen LogP) is 1.70. The average molecular weight is 267 g/mol. The van der Waals surface area contributed by atoms with Gasteiger partial charge in [0.15, 0.2) is 6.10 Å². The van der Waals surface area contributed by atoms with E-state index in [4.69, 9.17) is 9.84 Å². The smallest absolute Gasteiger partial charge is 0.332 e. The highest BCUT2D eigenvalue weighted by Gasteiger charge is 2.34. The van der Waals surface area contributed by atoms with Crippen molar-refractivity contribution in [3.63, 3.8) is 0 Å². The number of nitrogens with one attached hydrogen (secondary N) is 1. The number of amides is 1. The summed E-state index contributed by atoms with van der Waals surface area (Å²) in [6.07, 6.45) is -1.02. The van der Waals surface area contributed by atoms with Gasteiger partial charge in [0, 0.05) is 5.69 Å². The van der Waals surface area contributed by atoms with Gasteiger partial charge in [0.25, 0.3) is 5.91 Å². The number of halogens is 1. The number of benzene rings is 1. The standard InChI is InChI=1S/C13H14FNO4/c1-7-6-8(14)2-3-9(7)15-12(16)10-4-5-11(19-10)13(17)18/h2-3,6,10-11H,4-5H2,1H3,(H,15,16)(H,17,18). The Labute approximate surface area is 109 Å². The minimum Gasteiger partial charge on any atom is -0.479 e. The molecule has 0 saturated carbocycles. The highest BCUT2D eigenvalue weighted by atomic mass is 19.1. The van der Waals surface area contributed by atoms with E-state index in [9.17, 15) is 14.0 Å². The Morgan fingerprint density at radius 2 is 2.05 bits per heavy atom. The number of carboxylic acid groups (broad SMARTS) is 1. The topological polar surface area (TPSA) is 75.6 Å². The molecule has 0 aromatic heterocycles. The van der Waals surface area contributed by atoms with E-state index in [0.29, 0.717) is 24.1 Å². The predicted molar refractivity (Wildman–Crippen MR) is 65.3 cm³/mol. The molecule has 5 nitrogen and oxygen atoms in total. The van der Waals surface area contributed by atoms with Gasteiger partial charge in [-0.3, -0.25) is 4.79 Å². The minimum atomic E-state index is -1.06. The van der Waals surface area contributed by atoms with E-state index in [0.717, 1.165) is 0 Å². The number of carbonyl (C=O) groups excluding carboxylic acids is 1. The normalized spacial score (nSPS) is 22.2. The lowest BCUT2D eigenvalue weighted by atomic mass is 10.1. The third-order valence-corrected chi connectivity index (χ3v) is 3.03. The van der Waals surface area contributed by atoms with Crippen molar-refractivity contribution in [3.8, 4) is 0 Å². The van der Waals surface area contributed by atoms with E-state index in [2.05, 4.69) is 5.32 Å². The van der Waals surface area contributed by atoms with Gasteiger partial charge in [0.05, 0.1) is 0 Å². The molecule has 1 amide bonds. The first-order valence-electron chi connectivity index (χ1n) is 5.92. The van der Waals surface area contributed by atoms with Crippen LogP contribution in [0.1, 0.15) is 18.4 Å². The number of carbonyl (C=O) groups is 2. The summed E-state index contributed by atoms with van der Waals surface area (Å²) in [6.45, 7) is 1.67. The fourth-order valence-electron chi connectivity index (χ4n) is 1.99. The molecule has 6 heteroatoms. The van der Waals surface area contributed by atoms with Gasteiger partial charge in [-0.05, 0) is 43.5 Å². The van der Waals surface area contributed by atoms with Gasteiger partial charge >= 0.3 is 5.97 Å². The lowest BCUT2D eigenvalue weighted by Crippen LogP contribution is -2.30. The Balaban J connectivity index is 2.00. The first kappa shape index (κ1) is 13.5. The van der Waals surface area contributed by atoms with Gasteiger partial charge in [-0.2, -0.15) is 0 Å². The van der Waals surface area contributed by atoms with E-state index in [1.54, 1.807) is 6.92 Å². The largest absolute Gasteiger partial charge is 0.479 e. The summed E-state index contributed by atoms with van der Waals surface area (Å²) in [6, 6.07) is 4.02. The Morgan fingerprint density at radius 1 is 1.37 bits per heavy atom. The molecule has 19 heavy (non-hydrogen) atoms. The fourth-order valence-corrected chi connectivity index (χ4v) is 1.99. The Bertz CT molecular complexity index is 517. The molecular weight excluding hydrogens is 253 g/mol. The van der Waals surface area contributed by atoms with E-state index >= 15 is 0 Å². The molecule has 102 valence electrons. The minimum absolute atomic E-state index is 0.315. The molecular formula is C13H14FNO4. The molecule has 1 fully saturated rings. The van der Waals surface area contributed by atoms with Crippen LogP contribution in [0.4, 0.5) is 10.1 Å². The number of carboxylic acids is 1. The molecule has 1 aromatic rings. The maximum absolute atomic E-state index is 12.9. The van der Waals surface area contributed by atoms with Crippen LogP contribution in [-0.2, 0) is 14.3 Å². The van der Waals surface area contributed by atoms with Gasteiger partial charge in [0.1, 0.15) is 11.9 Å². The summed E-state index contributed by atoms with van der Waals surface area (Å²) in [4.78, 5) is 22.6. The van der Waals surface area contributed by atoms with Crippen molar-refractivity contribution in [3.05, 3.63) is 29.6 Å². The van der Waals surface area contributed by atoms with Crippen LogP contribution in [0.15, 0.2) is 18.2 Å². The Hall–Kier alpha value is -1.95. The van der Waals surface area contributed by atoms with Crippen LogP contribution in [0.2, 0.25) is 0 Å². The maximum Gasteiger partial charge on any atom is 0.332 e. The molecule has 0 aliphatic carbocycles. The molecule has 2 atom stereocenters. The van der Waals surface area contributed by atoms with Crippen molar-refractivity contribution >= 4 is 17.6 Å². The van der Waals surface area contributed by atoms with Gasteiger partial charge in [-0.1, -0.05) is 0 Å². The fraction of sp³-hybridized carbons (Fsp3) is 0.385. The van der Waals surface area contributed by atoms with Crippen LogP contribution in [-0.4, -0.2) is 29.2 Å². The van der Waals surface area contributed by atoms with Gasteiger partial charge in [-0.15, -0.1) is 0 Å². The van der Waals surface area contributed by atoms with E-state index in [-0.39, 0.29) is 5.82 Å². The van der Waals surface area contributed by atoms with Crippen LogP contribution in [0.3, 0.4) is 0 Å². The first-order chi connectivity index (χ1) is 8.97. The number of aryl methyl sites for hydroxylation is 1. The van der Waals surface area contributed by atoms with Crippen LogP contribution in [0.5, 0.6) is 0 Å². The summed E-state index contributed by atoms with van der Waals surface area (Å²) < 4.78 is 18.1. The van der Waals surface area contributed by atoms with Gasteiger partial charge < -0.3 is 15.2 Å². The first-order valence-corrected chi connectivity index (χ1v) is 5.92. The number of aliphatic carboxylic acids is 1. The molecule has 1 heterocycles. The molecule has 0 spiro atoms. The maximum atomic E-state index is 12.9. The SMILES string of the molecule is Cc1cc(F)ccc1NC(=O)C1CCC(C(=O)O)O1. The highest BCUT2D eigenvalue weighted by Crippen LogP contribution is 2.22. The van der Waals surface area contributed by atoms with Crippen molar-refractivity contribution in [2.24, 2.45) is 0 Å².